The highest BCUT2D eigenvalue weighted by molar-refractivity contribution is 5.88. The number of rotatable bonds is 2. The Morgan fingerprint density at radius 1 is 1.12 bits per heavy atom. The molecule has 1 N–H and O–H groups in total. The molecule has 2 fully saturated rings. The van der Waals surface area contributed by atoms with Crippen LogP contribution in [0.4, 0.5) is 0 Å². The average Bonchev–Trinajstić information content (AvgIpc) is 3.16. The molecular formula is C21H24N2O. The van der Waals surface area contributed by atoms with Crippen LogP contribution in [0.1, 0.15) is 36.4 Å². The fourth-order valence-electron chi connectivity index (χ4n) is 4.24. The predicted octanol–water partition coefficient (Wildman–Crippen LogP) is 3.69. The lowest BCUT2D eigenvalue weighted by atomic mass is 9.95. The van der Waals surface area contributed by atoms with Gasteiger partial charge in [-0.25, -0.2) is 0 Å². The van der Waals surface area contributed by atoms with Gasteiger partial charge < -0.3 is 4.90 Å². The van der Waals surface area contributed by atoms with Gasteiger partial charge in [-0.2, -0.15) is 0 Å². The van der Waals surface area contributed by atoms with E-state index in [2.05, 4.69) is 60.8 Å². The van der Waals surface area contributed by atoms with Crippen molar-refractivity contribution in [2.24, 2.45) is 0 Å². The van der Waals surface area contributed by atoms with Gasteiger partial charge in [-0.1, -0.05) is 42.5 Å². The van der Waals surface area contributed by atoms with Crippen LogP contribution in [-0.2, 0) is 4.79 Å². The van der Waals surface area contributed by atoms with Gasteiger partial charge in [-0.15, -0.1) is 0 Å². The van der Waals surface area contributed by atoms with Gasteiger partial charge in [-0.05, 0) is 54.5 Å². The van der Waals surface area contributed by atoms with Gasteiger partial charge in [0, 0.05) is 19.6 Å². The van der Waals surface area contributed by atoms with E-state index >= 15 is 0 Å². The number of aryl methyl sites for hydroxylation is 1. The maximum atomic E-state index is 12.5. The lowest BCUT2D eigenvalue weighted by molar-refractivity contribution is -0.131. The minimum Gasteiger partial charge on any atom is -0.344 e. The van der Waals surface area contributed by atoms with E-state index in [9.17, 15) is 4.79 Å². The summed E-state index contributed by atoms with van der Waals surface area (Å²) in [6.45, 7) is 3.01. The number of likely N-dealkylation sites (N-methyl/N-ethyl adjacent to an activating group) is 1. The number of nitrogens with zero attached hydrogens (tertiary/aromatic N) is 1. The number of benzene rings is 2. The Kier molecular flexibility index (Phi) is 3.69. The zero-order chi connectivity index (χ0) is 16.7. The largest absolute Gasteiger partial charge is 0.344 e. The van der Waals surface area contributed by atoms with Crippen molar-refractivity contribution in [3.8, 4) is 11.1 Å². The van der Waals surface area contributed by atoms with Crippen molar-refractivity contribution in [2.45, 2.75) is 37.8 Å². The lowest BCUT2D eigenvalue weighted by Crippen LogP contribution is -2.47. The first-order valence-corrected chi connectivity index (χ1v) is 8.78. The smallest absolute Gasteiger partial charge is 0.242 e. The summed E-state index contributed by atoms with van der Waals surface area (Å²) in [5.74, 6) is 0.264. The molecule has 2 aliphatic rings. The van der Waals surface area contributed by atoms with Crippen LogP contribution in [-0.4, -0.2) is 29.9 Å². The Labute approximate surface area is 143 Å². The summed E-state index contributed by atoms with van der Waals surface area (Å²) in [6, 6.07) is 17.5. The van der Waals surface area contributed by atoms with Gasteiger partial charge in [0.05, 0.1) is 0 Å². The molecule has 0 aliphatic carbocycles. The fraction of sp³-hybridized carbons (Fsp3) is 0.381. The molecule has 124 valence electrons. The Balaban J connectivity index is 1.62. The third-order valence-electron chi connectivity index (χ3n) is 5.69. The van der Waals surface area contributed by atoms with Crippen LogP contribution in [0.25, 0.3) is 11.1 Å². The van der Waals surface area contributed by atoms with E-state index in [1.165, 1.54) is 22.3 Å². The second-order valence-electron chi connectivity index (χ2n) is 7.23. The Morgan fingerprint density at radius 2 is 1.96 bits per heavy atom. The molecule has 0 aromatic heterocycles. The Morgan fingerprint density at radius 3 is 2.71 bits per heavy atom. The summed E-state index contributed by atoms with van der Waals surface area (Å²) in [7, 11) is 1.91. The highest BCUT2D eigenvalue weighted by Crippen LogP contribution is 2.39. The molecule has 2 atom stereocenters. The quantitative estimate of drug-likeness (QED) is 0.915. The first-order chi connectivity index (χ1) is 11.6. The number of nitrogens with one attached hydrogen (secondary N) is 1. The third-order valence-corrected chi connectivity index (χ3v) is 5.69. The molecule has 0 bridgehead atoms. The second kappa shape index (κ2) is 5.75. The molecule has 24 heavy (non-hydrogen) atoms. The van der Waals surface area contributed by atoms with Crippen molar-refractivity contribution < 1.29 is 4.79 Å². The van der Waals surface area contributed by atoms with Gasteiger partial charge in [0.1, 0.15) is 5.54 Å². The minimum absolute atomic E-state index is 0.264. The number of amides is 1. The van der Waals surface area contributed by atoms with E-state index in [1.807, 2.05) is 11.9 Å². The number of hydrogen-bond donors (Lipinski definition) is 1. The van der Waals surface area contributed by atoms with E-state index in [1.54, 1.807) is 0 Å². The molecule has 3 nitrogen and oxygen atoms in total. The standard InChI is InChI=1S/C21H24N2O/c1-15-6-3-4-9-18(15)16-7-5-8-17(14-16)19-10-11-21(22-19)12-13-23(2)20(21)24/h3-9,14,19,22H,10-13H2,1-2H3/t19-,21-/m1/s1. The van der Waals surface area contributed by atoms with E-state index < -0.39 is 0 Å². The first-order valence-electron chi connectivity index (χ1n) is 8.78. The number of carbonyl (C=O) groups is 1. The monoisotopic (exact) mass is 320 g/mol. The molecule has 2 aromatic rings. The van der Waals surface area contributed by atoms with E-state index in [0.717, 1.165) is 25.8 Å². The van der Waals surface area contributed by atoms with Crippen molar-refractivity contribution in [1.29, 1.82) is 0 Å². The van der Waals surface area contributed by atoms with Crippen molar-refractivity contribution in [2.75, 3.05) is 13.6 Å². The van der Waals surface area contributed by atoms with Crippen LogP contribution in [0.15, 0.2) is 48.5 Å². The topological polar surface area (TPSA) is 32.3 Å². The highest BCUT2D eigenvalue weighted by Gasteiger charge is 2.49. The van der Waals surface area contributed by atoms with Gasteiger partial charge in [0.15, 0.2) is 0 Å². The summed E-state index contributed by atoms with van der Waals surface area (Å²) in [5, 5.41) is 3.66. The molecule has 1 amide bonds. The molecule has 2 heterocycles. The molecule has 2 saturated heterocycles. The van der Waals surface area contributed by atoms with E-state index in [-0.39, 0.29) is 17.5 Å². The van der Waals surface area contributed by atoms with E-state index in [4.69, 9.17) is 0 Å². The van der Waals surface area contributed by atoms with Crippen LogP contribution < -0.4 is 5.32 Å². The normalized spacial score (nSPS) is 26.5. The molecule has 4 rings (SSSR count). The molecule has 0 radical (unpaired) electrons. The third kappa shape index (κ3) is 2.44. The van der Waals surface area contributed by atoms with Crippen LogP contribution in [0.5, 0.6) is 0 Å². The highest BCUT2D eigenvalue weighted by atomic mass is 16.2. The minimum atomic E-state index is -0.321. The van der Waals surface area contributed by atoms with Crippen LogP contribution in [0.3, 0.4) is 0 Å². The molecule has 1 spiro atoms. The second-order valence-corrected chi connectivity index (χ2v) is 7.23. The van der Waals surface area contributed by atoms with Crippen molar-refractivity contribution in [3.63, 3.8) is 0 Å². The molecule has 2 aromatic carbocycles. The maximum absolute atomic E-state index is 12.5. The van der Waals surface area contributed by atoms with Gasteiger partial charge in [0.25, 0.3) is 0 Å². The summed E-state index contributed by atoms with van der Waals surface area (Å²) in [5.41, 5.74) is 4.79. The van der Waals surface area contributed by atoms with Gasteiger partial charge >= 0.3 is 0 Å². The molecular weight excluding hydrogens is 296 g/mol. The van der Waals surface area contributed by atoms with Crippen LogP contribution in [0.2, 0.25) is 0 Å². The summed E-state index contributed by atoms with van der Waals surface area (Å²) in [4.78, 5) is 14.4. The Bertz CT molecular complexity index is 785. The summed E-state index contributed by atoms with van der Waals surface area (Å²) < 4.78 is 0. The lowest BCUT2D eigenvalue weighted by Gasteiger charge is -2.23. The summed E-state index contributed by atoms with van der Waals surface area (Å²) >= 11 is 0. The number of hydrogen-bond acceptors (Lipinski definition) is 2. The number of carbonyl (C=O) groups excluding carboxylic acids is 1. The SMILES string of the molecule is Cc1ccccc1-c1cccc([C@H]2CC[C@]3(CCN(C)C3=O)N2)c1. The zero-order valence-electron chi connectivity index (χ0n) is 14.4. The van der Waals surface area contributed by atoms with Crippen LogP contribution >= 0.6 is 0 Å². The van der Waals surface area contributed by atoms with Crippen molar-refractivity contribution in [1.82, 2.24) is 10.2 Å². The van der Waals surface area contributed by atoms with E-state index in [0.29, 0.717) is 0 Å². The Hall–Kier alpha value is -2.13. The van der Waals surface area contributed by atoms with Gasteiger partial charge in [-0.3, -0.25) is 10.1 Å². The molecule has 0 unspecified atom stereocenters. The van der Waals surface area contributed by atoms with Crippen molar-refractivity contribution >= 4 is 5.91 Å². The molecule has 3 heteroatoms. The van der Waals surface area contributed by atoms with Gasteiger partial charge in [0.2, 0.25) is 5.91 Å². The molecule has 0 saturated carbocycles. The van der Waals surface area contributed by atoms with Crippen LogP contribution in [0, 0.1) is 6.92 Å². The van der Waals surface area contributed by atoms with Crippen molar-refractivity contribution in [3.05, 3.63) is 59.7 Å². The fourth-order valence-corrected chi connectivity index (χ4v) is 4.24. The number of likely N-dealkylation sites (tertiary alicyclic amines) is 1. The molecule has 2 aliphatic heterocycles. The zero-order valence-corrected chi connectivity index (χ0v) is 14.4. The summed E-state index contributed by atoms with van der Waals surface area (Å²) in [6.07, 6.45) is 2.89. The first kappa shape index (κ1) is 15.4. The maximum Gasteiger partial charge on any atom is 0.242 e. The average molecular weight is 320 g/mol. The predicted molar refractivity (Wildman–Crippen MR) is 96.7 cm³/mol.